The predicted molar refractivity (Wildman–Crippen MR) is 126 cm³/mol. The fourth-order valence-corrected chi connectivity index (χ4v) is 4.93. The van der Waals surface area contributed by atoms with Crippen molar-refractivity contribution in [1.29, 1.82) is 0 Å². The number of benzene rings is 1. The van der Waals surface area contributed by atoms with Gasteiger partial charge in [0.25, 0.3) is 5.91 Å². The minimum atomic E-state index is -0.417. The number of amides is 1. The number of anilines is 1. The van der Waals surface area contributed by atoms with Gasteiger partial charge >= 0.3 is 0 Å². The van der Waals surface area contributed by atoms with Gasteiger partial charge in [0.05, 0.1) is 11.7 Å². The van der Waals surface area contributed by atoms with E-state index in [1.165, 1.54) is 32.1 Å². The summed E-state index contributed by atoms with van der Waals surface area (Å²) >= 11 is 0. The number of piperidine rings is 1. The topological polar surface area (TPSA) is 83.1 Å². The molecule has 1 aromatic carbocycles. The van der Waals surface area contributed by atoms with E-state index in [-0.39, 0.29) is 11.8 Å². The summed E-state index contributed by atoms with van der Waals surface area (Å²) < 4.78 is 11.4. The molecule has 0 radical (unpaired) electrons. The molecule has 1 unspecified atom stereocenters. The Hall–Kier alpha value is -1.99. The van der Waals surface area contributed by atoms with Crippen molar-refractivity contribution in [3.63, 3.8) is 0 Å². The van der Waals surface area contributed by atoms with Gasteiger partial charge < -0.3 is 30.1 Å². The van der Waals surface area contributed by atoms with Crippen LogP contribution in [0.25, 0.3) is 0 Å². The van der Waals surface area contributed by atoms with Crippen molar-refractivity contribution in [3.8, 4) is 11.5 Å². The van der Waals surface area contributed by atoms with Crippen LogP contribution in [0, 0.1) is 17.8 Å². The van der Waals surface area contributed by atoms with Crippen molar-refractivity contribution in [1.82, 2.24) is 10.2 Å². The number of β-amino-alcohol motifs (C(OH)–C–C–N with tert-alkyl or cyclic N) is 1. The number of hydrogen-bond acceptors (Lipinski definition) is 6. The van der Waals surface area contributed by atoms with Crippen LogP contribution in [0.3, 0.4) is 0 Å². The molecule has 4 rings (SSSR count). The number of hydrogen-bond donors (Lipinski definition) is 3. The number of ether oxygens (including phenoxy) is 2. The molecule has 7 nitrogen and oxygen atoms in total. The van der Waals surface area contributed by atoms with Crippen LogP contribution in [0.5, 0.6) is 11.5 Å². The third kappa shape index (κ3) is 6.07. The van der Waals surface area contributed by atoms with Crippen LogP contribution in [0.4, 0.5) is 5.69 Å². The molecule has 1 aliphatic carbocycles. The van der Waals surface area contributed by atoms with Gasteiger partial charge in [-0.3, -0.25) is 4.79 Å². The molecule has 1 saturated heterocycles. The largest absolute Gasteiger partial charge is 0.486 e. The maximum absolute atomic E-state index is 12.9. The number of aliphatic hydroxyl groups excluding tert-OH is 1. The predicted octanol–water partition coefficient (Wildman–Crippen LogP) is 3.13. The van der Waals surface area contributed by atoms with Gasteiger partial charge in [0, 0.05) is 44.4 Å². The van der Waals surface area contributed by atoms with Gasteiger partial charge in [-0.15, -0.1) is 0 Å². The smallest absolute Gasteiger partial charge is 0.255 e. The first-order valence-electron chi connectivity index (χ1n) is 12.3. The lowest BCUT2D eigenvalue weighted by atomic mass is 9.92. The number of nitrogens with zero attached hydrogens (tertiary/aromatic N) is 1. The SMILES string of the molecule is CNc1cc2c(c(C(=O)NC[C@@H]3CCN(CC(C)CCCC4CC4)C[C@H]3O)c1)OCCO2. The number of aliphatic hydroxyl groups is 1. The molecule has 32 heavy (non-hydrogen) atoms. The van der Waals surface area contributed by atoms with Gasteiger partial charge in [0.2, 0.25) is 0 Å². The van der Waals surface area contributed by atoms with E-state index in [2.05, 4.69) is 22.5 Å². The molecule has 3 aliphatic rings. The van der Waals surface area contributed by atoms with Crippen molar-refractivity contribution in [2.24, 2.45) is 17.8 Å². The van der Waals surface area contributed by atoms with Crippen molar-refractivity contribution >= 4 is 11.6 Å². The van der Waals surface area contributed by atoms with E-state index in [1.807, 2.05) is 13.1 Å². The summed E-state index contributed by atoms with van der Waals surface area (Å²) in [6.45, 7) is 6.43. The van der Waals surface area contributed by atoms with Crippen LogP contribution in [0.15, 0.2) is 12.1 Å². The molecular weight excluding hydrogens is 406 g/mol. The number of carbonyl (C=O) groups excluding carboxylic acids is 1. The molecule has 0 spiro atoms. The van der Waals surface area contributed by atoms with Crippen LogP contribution in [-0.2, 0) is 0 Å². The Morgan fingerprint density at radius 1 is 1.25 bits per heavy atom. The first-order chi connectivity index (χ1) is 15.5. The summed E-state index contributed by atoms with van der Waals surface area (Å²) in [5.41, 5.74) is 1.28. The summed E-state index contributed by atoms with van der Waals surface area (Å²) in [5, 5.41) is 16.8. The van der Waals surface area contributed by atoms with Crippen molar-refractivity contribution in [2.75, 3.05) is 51.8 Å². The molecule has 2 heterocycles. The van der Waals surface area contributed by atoms with Crippen LogP contribution < -0.4 is 20.1 Å². The average Bonchev–Trinajstić information content (AvgIpc) is 3.62. The van der Waals surface area contributed by atoms with Gasteiger partial charge in [-0.25, -0.2) is 0 Å². The lowest BCUT2D eigenvalue weighted by molar-refractivity contribution is 0.0166. The van der Waals surface area contributed by atoms with Crippen LogP contribution >= 0.6 is 0 Å². The monoisotopic (exact) mass is 445 g/mol. The highest BCUT2D eigenvalue weighted by molar-refractivity contribution is 5.99. The average molecular weight is 446 g/mol. The summed E-state index contributed by atoms with van der Waals surface area (Å²) in [6.07, 6.45) is 7.37. The lowest BCUT2D eigenvalue weighted by Gasteiger charge is -2.37. The van der Waals surface area contributed by atoms with E-state index in [4.69, 9.17) is 9.47 Å². The first kappa shape index (κ1) is 23.2. The quantitative estimate of drug-likeness (QED) is 0.513. The third-order valence-corrected chi connectivity index (χ3v) is 7.08. The molecule has 2 fully saturated rings. The molecular formula is C25H39N3O4. The third-order valence-electron chi connectivity index (χ3n) is 7.08. The second kappa shape index (κ2) is 10.8. The maximum Gasteiger partial charge on any atom is 0.255 e. The van der Waals surface area contributed by atoms with Gasteiger partial charge in [0.1, 0.15) is 13.2 Å². The summed E-state index contributed by atoms with van der Waals surface area (Å²) in [7, 11) is 1.81. The standard InChI is InChI=1S/C25H39N3O4/c1-17(4-3-5-18-6-7-18)15-28-9-8-19(22(29)16-28)14-27-25(30)21-12-20(26-2)13-23-24(21)32-11-10-31-23/h12-13,17-19,22,26,29H,3-11,14-16H2,1-2H3,(H,27,30)/t17?,19-,22+/m0/s1. The van der Waals surface area contributed by atoms with E-state index in [0.29, 0.717) is 49.3 Å². The zero-order chi connectivity index (χ0) is 22.5. The van der Waals surface area contributed by atoms with Crippen LogP contribution in [0.1, 0.15) is 55.8 Å². The van der Waals surface area contributed by atoms with Crippen molar-refractivity contribution in [3.05, 3.63) is 17.7 Å². The Morgan fingerprint density at radius 2 is 2.06 bits per heavy atom. The fraction of sp³-hybridized carbons (Fsp3) is 0.720. The van der Waals surface area contributed by atoms with Gasteiger partial charge in [0.15, 0.2) is 11.5 Å². The lowest BCUT2D eigenvalue weighted by Crippen LogP contribution is -2.48. The highest BCUT2D eigenvalue weighted by atomic mass is 16.6. The van der Waals surface area contributed by atoms with Crippen LogP contribution in [0.2, 0.25) is 0 Å². The number of rotatable bonds is 10. The van der Waals surface area contributed by atoms with E-state index < -0.39 is 6.10 Å². The summed E-state index contributed by atoms with van der Waals surface area (Å²) in [5.74, 6) is 2.65. The van der Waals surface area contributed by atoms with Gasteiger partial charge in [-0.1, -0.05) is 32.6 Å². The highest BCUT2D eigenvalue weighted by Gasteiger charge is 2.30. The molecule has 0 bridgehead atoms. The zero-order valence-corrected chi connectivity index (χ0v) is 19.6. The molecule has 3 N–H and O–H groups in total. The molecule has 0 aromatic heterocycles. The Bertz CT molecular complexity index is 783. The molecule has 2 aliphatic heterocycles. The van der Waals surface area contributed by atoms with Crippen LogP contribution in [-0.4, -0.2) is 68.5 Å². The molecule has 1 amide bonds. The number of nitrogens with one attached hydrogen (secondary N) is 2. The van der Waals surface area contributed by atoms with Gasteiger partial charge in [-0.2, -0.15) is 0 Å². The van der Waals surface area contributed by atoms with Crippen molar-refractivity contribution in [2.45, 2.75) is 51.6 Å². The number of carbonyl (C=O) groups is 1. The maximum atomic E-state index is 12.9. The summed E-state index contributed by atoms with van der Waals surface area (Å²) in [4.78, 5) is 15.3. The summed E-state index contributed by atoms with van der Waals surface area (Å²) in [6, 6.07) is 3.63. The minimum Gasteiger partial charge on any atom is -0.486 e. The molecule has 1 saturated carbocycles. The highest BCUT2D eigenvalue weighted by Crippen LogP contribution is 2.37. The Balaban J connectivity index is 1.24. The zero-order valence-electron chi connectivity index (χ0n) is 19.6. The van der Waals surface area contributed by atoms with E-state index in [9.17, 15) is 9.90 Å². The number of fused-ring (bicyclic) bond motifs is 1. The molecule has 1 aromatic rings. The second-order valence-corrected chi connectivity index (χ2v) is 9.86. The Morgan fingerprint density at radius 3 is 2.81 bits per heavy atom. The van der Waals surface area contributed by atoms with Gasteiger partial charge in [-0.05, 0) is 37.3 Å². The minimum absolute atomic E-state index is 0.0702. The Labute approximate surface area is 191 Å². The van der Waals surface area contributed by atoms with E-state index in [1.54, 1.807) is 6.07 Å². The van der Waals surface area contributed by atoms with Crippen molar-refractivity contribution < 1.29 is 19.4 Å². The number of likely N-dealkylation sites (tertiary alicyclic amines) is 1. The Kier molecular flexibility index (Phi) is 7.79. The molecule has 178 valence electrons. The molecule has 7 heteroatoms. The second-order valence-electron chi connectivity index (χ2n) is 9.86. The van der Waals surface area contributed by atoms with E-state index >= 15 is 0 Å². The van der Waals surface area contributed by atoms with E-state index in [0.717, 1.165) is 31.1 Å². The first-order valence-corrected chi connectivity index (χ1v) is 12.3. The normalized spacial score (nSPS) is 24.1. The molecule has 3 atom stereocenters. The fourth-order valence-electron chi connectivity index (χ4n) is 4.93.